The Balaban J connectivity index is 1.91. The van der Waals surface area contributed by atoms with E-state index in [0.29, 0.717) is 6.04 Å². The van der Waals surface area contributed by atoms with Gasteiger partial charge in [0.05, 0.1) is 7.11 Å². The van der Waals surface area contributed by atoms with Crippen molar-refractivity contribution in [2.75, 3.05) is 14.2 Å². The average molecular weight is 273 g/mol. The van der Waals surface area contributed by atoms with Gasteiger partial charge in [-0.25, -0.2) is 0 Å². The molecule has 0 heterocycles. The first-order chi connectivity index (χ1) is 9.63. The lowest BCUT2D eigenvalue weighted by molar-refractivity contribution is 0.259. The van der Waals surface area contributed by atoms with Gasteiger partial charge in [0.25, 0.3) is 0 Å². The standard InChI is InChI=1S/C18H27NO/c1-11-8-17(20-4)12(2)7-15(11)18(19-3)16-10-13-5-6-14(16)9-13/h7-8,13-14,16,18-19H,5-6,9-10H2,1-4H3. The van der Waals surface area contributed by atoms with Crippen LogP contribution in [-0.4, -0.2) is 14.2 Å². The van der Waals surface area contributed by atoms with Gasteiger partial charge in [0.1, 0.15) is 5.75 Å². The van der Waals surface area contributed by atoms with Gasteiger partial charge in [-0.2, -0.15) is 0 Å². The second-order valence-electron chi connectivity index (χ2n) is 6.78. The van der Waals surface area contributed by atoms with Crippen LogP contribution in [0, 0.1) is 31.6 Å². The van der Waals surface area contributed by atoms with Crippen LogP contribution in [0.2, 0.25) is 0 Å². The maximum atomic E-state index is 5.45. The van der Waals surface area contributed by atoms with E-state index in [1.165, 1.54) is 42.4 Å². The Kier molecular flexibility index (Phi) is 3.76. The quantitative estimate of drug-likeness (QED) is 0.895. The van der Waals surface area contributed by atoms with Gasteiger partial charge in [-0.15, -0.1) is 0 Å². The Morgan fingerprint density at radius 1 is 1.15 bits per heavy atom. The Bertz CT molecular complexity index is 496. The molecule has 0 aliphatic heterocycles. The van der Waals surface area contributed by atoms with E-state index >= 15 is 0 Å². The van der Waals surface area contributed by atoms with Gasteiger partial charge in [0.2, 0.25) is 0 Å². The van der Waals surface area contributed by atoms with Crippen LogP contribution >= 0.6 is 0 Å². The molecule has 2 aliphatic rings. The summed E-state index contributed by atoms with van der Waals surface area (Å²) in [6.07, 6.45) is 5.80. The maximum absolute atomic E-state index is 5.45. The molecule has 2 heteroatoms. The molecule has 0 aromatic heterocycles. The lowest BCUT2D eigenvalue weighted by atomic mass is 9.79. The molecule has 2 fully saturated rings. The zero-order valence-electron chi connectivity index (χ0n) is 13.2. The Labute approximate surface area is 122 Å². The first kappa shape index (κ1) is 13.9. The predicted octanol–water partition coefficient (Wildman–Crippen LogP) is 4.01. The molecule has 3 rings (SSSR count). The number of nitrogens with one attached hydrogen (secondary N) is 1. The molecule has 0 saturated heterocycles. The zero-order valence-corrected chi connectivity index (χ0v) is 13.2. The summed E-state index contributed by atoms with van der Waals surface area (Å²) in [4.78, 5) is 0. The van der Waals surface area contributed by atoms with E-state index in [-0.39, 0.29) is 0 Å². The van der Waals surface area contributed by atoms with Crippen molar-refractivity contribution in [1.29, 1.82) is 0 Å². The highest BCUT2D eigenvalue weighted by Crippen LogP contribution is 2.52. The largest absolute Gasteiger partial charge is 0.496 e. The van der Waals surface area contributed by atoms with E-state index in [0.717, 1.165) is 23.5 Å². The summed E-state index contributed by atoms with van der Waals surface area (Å²) in [6, 6.07) is 5.04. The van der Waals surface area contributed by atoms with Gasteiger partial charge < -0.3 is 10.1 Å². The number of fused-ring (bicyclic) bond motifs is 2. The molecule has 2 aliphatic carbocycles. The molecule has 1 aromatic rings. The fourth-order valence-corrected chi connectivity index (χ4v) is 4.67. The van der Waals surface area contributed by atoms with E-state index in [1.807, 2.05) is 0 Å². The van der Waals surface area contributed by atoms with Crippen molar-refractivity contribution in [3.05, 3.63) is 28.8 Å². The van der Waals surface area contributed by atoms with Crippen molar-refractivity contribution in [2.24, 2.45) is 17.8 Å². The summed E-state index contributed by atoms with van der Waals surface area (Å²) in [5.41, 5.74) is 4.08. The molecule has 4 atom stereocenters. The summed E-state index contributed by atoms with van der Waals surface area (Å²) in [5.74, 6) is 3.78. The monoisotopic (exact) mass is 273 g/mol. The summed E-state index contributed by atoms with van der Waals surface area (Å²) < 4.78 is 5.45. The SMILES string of the molecule is CNC(c1cc(C)c(OC)cc1C)C1CC2CCC1C2. The number of rotatable bonds is 4. The Morgan fingerprint density at radius 3 is 2.50 bits per heavy atom. The van der Waals surface area contributed by atoms with E-state index in [1.54, 1.807) is 7.11 Å². The first-order valence-electron chi connectivity index (χ1n) is 7.96. The van der Waals surface area contributed by atoms with Crippen molar-refractivity contribution >= 4 is 0 Å². The smallest absolute Gasteiger partial charge is 0.122 e. The Hall–Kier alpha value is -1.02. The zero-order chi connectivity index (χ0) is 14.3. The minimum atomic E-state index is 0.509. The summed E-state index contributed by atoms with van der Waals surface area (Å²) in [7, 11) is 3.88. The van der Waals surface area contributed by atoms with Crippen LogP contribution in [0.4, 0.5) is 0 Å². The summed E-state index contributed by atoms with van der Waals surface area (Å²) in [5, 5.41) is 3.61. The molecular formula is C18H27NO. The van der Waals surface area contributed by atoms with Gasteiger partial charge in [0.15, 0.2) is 0 Å². The molecule has 2 saturated carbocycles. The number of methoxy groups -OCH3 is 1. The van der Waals surface area contributed by atoms with Crippen LogP contribution in [-0.2, 0) is 0 Å². The number of aryl methyl sites for hydroxylation is 2. The predicted molar refractivity (Wildman–Crippen MR) is 83.2 cm³/mol. The molecule has 110 valence electrons. The van der Waals surface area contributed by atoms with Crippen LogP contribution in [0.5, 0.6) is 5.75 Å². The minimum absolute atomic E-state index is 0.509. The van der Waals surface area contributed by atoms with E-state index in [4.69, 9.17) is 4.74 Å². The minimum Gasteiger partial charge on any atom is -0.496 e. The molecule has 20 heavy (non-hydrogen) atoms. The third kappa shape index (κ3) is 2.24. The van der Waals surface area contributed by atoms with Crippen LogP contribution in [0.1, 0.15) is 48.4 Å². The number of hydrogen-bond acceptors (Lipinski definition) is 2. The maximum Gasteiger partial charge on any atom is 0.122 e. The van der Waals surface area contributed by atoms with Crippen molar-refractivity contribution in [1.82, 2.24) is 5.32 Å². The second kappa shape index (κ2) is 5.40. The highest BCUT2D eigenvalue weighted by Gasteiger charge is 2.43. The van der Waals surface area contributed by atoms with Crippen LogP contribution in [0.25, 0.3) is 0 Å². The lowest BCUT2D eigenvalue weighted by Gasteiger charge is -2.32. The van der Waals surface area contributed by atoms with E-state index < -0.39 is 0 Å². The molecular weight excluding hydrogens is 246 g/mol. The molecule has 1 aromatic carbocycles. The van der Waals surface area contributed by atoms with Crippen molar-refractivity contribution in [3.63, 3.8) is 0 Å². The second-order valence-corrected chi connectivity index (χ2v) is 6.78. The summed E-state index contributed by atoms with van der Waals surface area (Å²) in [6.45, 7) is 4.37. The van der Waals surface area contributed by atoms with Gasteiger partial charge in [-0.05, 0) is 80.7 Å². The fourth-order valence-electron chi connectivity index (χ4n) is 4.67. The molecule has 2 bridgehead atoms. The number of ether oxygens (including phenoxy) is 1. The average Bonchev–Trinajstić information content (AvgIpc) is 3.05. The van der Waals surface area contributed by atoms with Crippen molar-refractivity contribution in [3.8, 4) is 5.75 Å². The molecule has 0 radical (unpaired) electrons. The molecule has 4 unspecified atom stereocenters. The highest BCUT2D eigenvalue weighted by atomic mass is 16.5. The number of hydrogen-bond donors (Lipinski definition) is 1. The summed E-state index contributed by atoms with van der Waals surface area (Å²) >= 11 is 0. The highest BCUT2D eigenvalue weighted by molar-refractivity contribution is 5.43. The first-order valence-corrected chi connectivity index (χ1v) is 7.96. The molecule has 1 N–H and O–H groups in total. The van der Waals surface area contributed by atoms with Crippen LogP contribution < -0.4 is 10.1 Å². The van der Waals surface area contributed by atoms with Gasteiger partial charge in [-0.3, -0.25) is 0 Å². The lowest BCUT2D eigenvalue weighted by Crippen LogP contribution is -2.29. The van der Waals surface area contributed by atoms with E-state index in [2.05, 4.69) is 38.3 Å². The van der Waals surface area contributed by atoms with Gasteiger partial charge in [-0.1, -0.05) is 12.5 Å². The third-order valence-corrected chi connectivity index (χ3v) is 5.65. The molecule has 2 nitrogen and oxygen atoms in total. The van der Waals surface area contributed by atoms with Crippen molar-refractivity contribution in [2.45, 2.75) is 45.6 Å². The van der Waals surface area contributed by atoms with E-state index in [9.17, 15) is 0 Å². The third-order valence-electron chi connectivity index (χ3n) is 5.65. The van der Waals surface area contributed by atoms with Gasteiger partial charge >= 0.3 is 0 Å². The topological polar surface area (TPSA) is 21.3 Å². The van der Waals surface area contributed by atoms with Crippen LogP contribution in [0.15, 0.2) is 12.1 Å². The molecule has 0 spiro atoms. The Morgan fingerprint density at radius 2 is 1.95 bits per heavy atom. The fraction of sp³-hybridized carbons (Fsp3) is 0.667. The normalized spacial score (nSPS) is 29.7. The van der Waals surface area contributed by atoms with Gasteiger partial charge in [0, 0.05) is 6.04 Å². The molecule has 0 amide bonds. The number of benzene rings is 1. The van der Waals surface area contributed by atoms with Crippen LogP contribution in [0.3, 0.4) is 0 Å². The van der Waals surface area contributed by atoms with Crippen molar-refractivity contribution < 1.29 is 4.74 Å².